The third kappa shape index (κ3) is 3.37. The first kappa shape index (κ1) is 18.9. The highest BCUT2D eigenvalue weighted by atomic mass is 32.1. The van der Waals surface area contributed by atoms with Gasteiger partial charge in [-0.1, -0.05) is 31.4 Å². The highest BCUT2D eigenvalue weighted by Gasteiger charge is 2.23. The zero-order valence-electron chi connectivity index (χ0n) is 16.7. The molecule has 28 heavy (non-hydrogen) atoms. The number of nitrogen functional groups attached to an aromatic ring is 1. The van der Waals surface area contributed by atoms with E-state index in [1.54, 1.807) is 11.3 Å². The van der Waals surface area contributed by atoms with Gasteiger partial charge < -0.3 is 10.6 Å². The number of anilines is 1. The van der Waals surface area contributed by atoms with Crippen molar-refractivity contribution in [3.8, 4) is 11.4 Å². The molecule has 1 amide bonds. The lowest BCUT2D eigenvalue weighted by Gasteiger charge is -2.31. The van der Waals surface area contributed by atoms with E-state index >= 15 is 0 Å². The van der Waals surface area contributed by atoms with Crippen LogP contribution >= 0.6 is 11.3 Å². The van der Waals surface area contributed by atoms with Crippen LogP contribution in [-0.2, 0) is 0 Å². The maximum Gasteiger partial charge on any atom is 0.253 e. The molecule has 2 heterocycles. The second kappa shape index (κ2) is 7.51. The van der Waals surface area contributed by atoms with Crippen molar-refractivity contribution in [3.63, 3.8) is 0 Å². The molecule has 0 aliphatic heterocycles. The molecule has 1 saturated carbocycles. The van der Waals surface area contributed by atoms with E-state index in [-0.39, 0.29) is 5.91 Å². The van der Waals surface area contributed by atoms with Gasteiger partial charge in [-0.2, -0.15) is 0 Å². The predicted molar refractivity (Wildman–Crippen MR) is 116 cm³/mol. The van der Waals surface area contributed by atoms with Gasteiger partial charge in [-0.05, 0) is 44.4 Å². The van der Waals surface area contributed by atoms with Crippen LogP contribution in [0.25, 0.3) is 21.6 Å². The van der Waals surface area contributed by atoms with Crippen molar-refractivity contribution in [2.24, 2.45) is 0 Å². The lowest BCUT2D eigenvalue weighted by atomic mass is 9.94. The number of benzene rings is 1. The van der Waals surface area contributed by atoms with Gasteiger partial charge in [0, 0.05) is 29.1 Å². The Hall–Kier alpha value is -2.47. The number of carbonyl (C=O) groups is 1. The van der Waals surface area contributed by atoms with Gasteiger partial charge >= 0.3 is 0 Å². The number of amides is 1. The lowest BCUT2D eigenvalue weighted by Crippen LogP contribution is -2.38. The van der Waals surface area contributed by atoms with Crippen LogP contribution in [0.3, 0.4) is 0 Å². The van der Waals surface area contributed by atoms with Crippen molar-refractivity contribution < 1.29 is 4.79 Å². The largest absolute Gasteiger partial charge is 0.383 e. The third-order valence-corrected chi connectivity index (χ3v) is 6.99. The van der Waals surface area contributed by atoms with Gasteiger partial charge in [0.25, 0.3) is 5.91 Å². The SMILES string of the molecule is Cc1sc2nc(-c3ccc(C(=O)N(C)C4CCCCC4)cc3)nc(N)c2c1C. The van der Waals surface area contributed by atoms with Gasteiger partial charge in [-0.25, -0.2) is 9.97 Å². The molecule has 1 fully saturated rings. The minimum atomic E-state index is 0.0823. The monoisotopic (exact) mass is 394 g/mol. The molecule has 1 aliphatic carbocycles. The molecule has 0 atom stereocenters. The van der Waals surface area contributed by atoms with Gasteiger partial charge in [0.2, 0.25) is 0 Å². The van der Waals surface area contributed by atoms with Crippen LogP contribution in [0.15, 0.2) is 24.3 Å². The molecule has 1 aromatic carbocycles. The zero-order valence-corrected chi connectivity index (χ0v) is 17.5. The van der Waals surface area contributed by atoms with Gasteiger partial charge in [0.15, 0.2) is 5.82 Å². The smallest absolute Gasteiger partial charge is 0.253 e. The van der Waals surface area contributed by atoms with Crippen molar-refractivity contribution in [2.45, 2.75) is 52.0 Å². The first-order valence-electron chi connectivity index (χ1n) is 9.86. The summed E-state index contributed by atoms with van der Waals surface area (Å²) in [6.45, 7) is 4.13. The quantitative estimate of drug-likeness (QED) is 0.681. The van der Waals surface area contributed by atoms with Crippen molar-refractivity contribution in [1.29, 1.82) is 0 Å². The molecule has 0 bridgehead atoms. The molecular weight excluding hydrogens is 368 g/mol. The molecule has 0 unspecified atom stereocenters. The standard InChI is InChI=1S/C22H26N4OS/c1-13-14(2)28-21-18(13)19(23)24-20(25-21)15-9-11-16(12-10-15)22(27)26(3)17-7-5-4-6-8-17/h9-12,17H,4-8H2,1-3H3,(H2,23,24,25). The van der Waals surface area contributed by atoms with Gasteiger partial charge in [0.05, 0.1) is 5.39 Å². The Labute approximate surface area is 169 Å². The van der Waals surface area contributed by atoms with Crippen LogP contribution in [0.5, 0.6) is 0 Å². The van der Waals surface area contributed by atoms with E-state index in [4.69, 9.17) is 10.7 Å². The summed E-state index contributed by atoms with van der Waals surface area (Å²) < 4.78 is 0. The summed E-state index contributed by atoms with van der Waals surface area (Å²) in [5.41, 5.74) is 8.92. The van der Waals surface area contributed by atoms with Crippen LogP contribution < -0.4 is 5.73 Å². The summed E-state index contributed by atoms with van der Waals surface area (Å²) in [4.78, 5) is 26.1. The molecule has 0 spiro atoms. The molecule has 5 nitrogen and oxygen atoms in total. The topological polar surface area (TPSA) is 72.1 Å². The number of hydrogen-bond acceptors (Lipinski definition) is 5. The van der Waals surface area contributed by atoms with Crippen LogP contribution in [0.2, 0.25) is 0 Å². The Morgan fingerprint density at radius 1 is 1.11 bits per heavy atom. The van der Waals surface area contributed by atoms with Crippen LogP contribution in [0, 0.1) is 13.8 Å². The summed E-state index contributed by atoms with van der Waals surface area (Å²) >= 11 is 1.64. The predicted octanol–water partition coefficient (Wildman–Crippen LogP) is 4.96. The number of rotatable bonds is 3. The fourth-order valence-corrected chi connectivity index (χ4v) is 5.05. The summed E-state index contributed by atoms with van der Waals surface area (Å²) in [5.74, 6) is 1.20. The lowest BCUT2D eigenvalue weighted by molar-refractivity contribution is 0.0696. The Morgan fingerprint density at radius 3 is 2.46 bits per heavy atom. The minimum absolute atomic E-state index is 0.0823. The summed E-state index contributed by atoms with van der Waals surface area (Å²) in [5, 5.41) is 0.951. The van der Waals surface area contributed by atoms with Crippen LogP contribution in [0.1, 0.15) is 52.9 Å². The molecular formula is C22H26N4OS. The number of hydrogen-bond donors (Lipinski definition) is 1. The summed E-state index contributed by atoms with van der Waals surface area (Å²) in [6, 6.07) is 7.92. The van der Waals surface area contributed by atoms with E-state index in [1.807, 2.05) is 36.2 Å². The van der Waals surface area contributed by atoms with Crippen LogP contribution in [0.4, 0.5) is 5.82 Å². The van der Waals surface area contributed by atoms with Crippen molar-refractivity contribution in [2.75, 3.05) is 12.8 Å². The number of carbonyl (C=O) groups excluding carboxylic acids is 1. The second-order valence-electron chi connectivity index (χ2n) is 7.68. The van der Waals surface area contributed by atoms with Crippen molar-refractivity contribution in [1.82, 2.24) is 14.9 Å². The maximum absolute atomic E-state index is 12.8. The molecule has 2 N–H and O–H groups in total. The number of fused-ring (bicyclic) bond motifs is 1. The highest BCUT2D eigenvalue weighted by Crippen LogP contribution is 2.33. The average molecular weight is 395 g/mol. The van der Waals surface area contributed by atoms with E-state index < -0.39 is 0 Å². The Bertz CT molecular complexity index is 1020. The Kier molecular flexibility index (Phi) is 5.06. The number of nitrogens with two attached hydrogens (primary N) is 1. The normalized spacial score (nSPS) is 15.1. The van der Waals surface area contributed by atoms with Gasteiger partial charge in [0.1, 0.15) is 10.6 Å². The number of nitrogens with zero attached hydrogens (tertiary/aromatic N) is 3. The van der Waals surface area contributed by atoms with E-state index in [1.165, 1.54) is 24.1 Å². The minimum Gasteiger partial charge on any atom is -0.383 e. The fourth-order valence-electron chi connectivity index (χ4n) is 4.01. The van der Waals surface area contributed by atoms with Crippen molar-refractivity contribution in [3.05, 3.63) is 40.3 Å². The van der Waals surface area contributed by atoms with Crippen molar-refractivity contribution >= 4 is 33.3 Å². The second-order valence-corrected chi connectivity index (χ2v) is 8.88. The van der Waals surface area contributed by atoms with E-state index in [2.05, 4.69) is 18.8 Å². The molecule has 1 aliphatic rings. The summed E-state index contributed by atoms with van der Waals surface area (Å²) in [6.07, 6.45) is 5.92. The zero-order chi connectivity index (χ0) is 19.8. The number of thiophene rings is 1. The molecule has 0 saturated heterocycles. The first-order valence-corrected chi connectivity index (χ1v) is 10.7. The average Bonchev–Trinajstić information content (AvgIpc) is 3.01. The maximum atomic E-state index is 12.8. The molecule has 146 valence electrons. The van der Waals surface area contributed by atoms with E-state index in [0.717, 1.165) is 34.2 Å². The van der Waals surface area contributed by atoms with E-state index in [0.29, 0.717) is 23.2 Å². The summed E-state index contributed by atoms with van der Waals surface area (Å²) in [7, 11) is 1.92. The van der Waals surface area contributed by atoms with Crippen LogP contribution in [-0.4, -0.2) is 33.9 Å². The highest BCUT2D eigenvalue weighted by molar-refractivity contribution is 7.18. The molecule has 2 aromatic heterocycles. The number of aryl methyl sites for hydroxylation is 2. The molecule has 0 radical (unpaired) electrons. The fraction of sp³-hybridized carbons (Fsp3) is 0.409. The number of aromatic nitrogens is 2. The molecule has 3 aromatic rings. The Morgan fingerprint density at radius 2 is 1.79 bits per heavy atom. The van der Waals surface area contributed by atoms with Gasteiger partial charge in [-0.3, -0.25) is 4.79 Å². The molecule has 6 heteroatoms. The Balaban J connectivity index is 1.59. The van der Waals surface area contributed by atoms with Gasteiger partial charge in [-0.15, -0.1) is 11.3 Å². The first-order chi connectivity index (χ1) is 13.5. The van der Waals surface area contributed by atoms with E-state index in [9.17, 15) is 4.79 Å². The molecule has 4 rings (SSSR count). The third-order valence-electron chi connectivity index (χ3n) is 5.89.